The minimum Gasteiger partial charge on any atom is -0.385 e. The van der Waals surface area contributed by atoms with Crippen LogP contribution in [0.3, 0.4) is 0 Å². The second-order valence-electron chi connectivity index (χ2n) is 8.43. The lowest BCUT2D eigenvalue weighted by Crippen LogP contribution is -2.55. The molecule has 2 aliphatic rings. The van der Waals surface area contributed by atoms with Crippen molar-refractivity contribution in [1.82, 2.24) is 13.5 Å². The summed E-state index contributed by atoms with van der Waals surface area (Å²) < 4.78 is 29.0. The third-order valence-corrected chi connectivity index (χ3v) is 8.39. The zero-order valence-electron chi connectivity index (χ0n) is 18.6. The van der Waals surface area contributed by atoms with Crippen LogP contribution in [0.1, 0.15) is 44.9 Å². The van der Waals surface area contributed by atoms with Crippen LogP contribution in [0.15, 0.2) is 24.3 Å². The van der Waals surface area contributed by atoms with Crippen LogP contribution in [0.5, 0.6) is 0 Å². The van der Waals surface area contributed by atoms with E-state index in [1.54, 1.807) is 24.1 Å². The van der Waals surface area contributed by atoms with Crippen molar-refractivity contribution in [2.75, 3.05) is 45.1 Å². The SMILES string of the molecule is CN(C1CCCCC1)S(=O)(=O)N1CCN(C(=O)CCCNc2ccc([N+](=O)[O-])cc2)CC1. The van der Waals surface area contributed by atoms with Gasteiger partial charge in [0.15, 0.2) is 0 Å². The summed E-state index contributed by atoms with van der Waals surface area (Å²) >= 11 is 0. The lowest BCUT2D eigenvalue weighted by Gasteiger charge is -2.38. The molecule has 1 aromatic rings. The number of rotatable bonds is 9. The minimum atomic E-state index is -3.49. The number of nitro benzene ring substituents is 1. The molecule has 0 radical (unpaired) electrons. The van der Waals surface area contributed by atoms with Gasteiger partial charge in [-0.2, -0.15) is 17.0 Å². The summed E-state index contributed by atoms with van der Waals surface area (Å²) in [6.07, 6.45) is 6.16. The fourth-order valence-corrected chi connectivity index (χ4v) is 5.89. The quantitative estimate of drug-likeness (QED) is 0.339. The molecule has 178 valence electrons. The largest absolute Gasteiger partial charge is 0.385 e. The Morgan fingerprint density at radius 1 is 1.12 bits per heavy atom. The Morgan fingerprint density at radius 3 is 2.34 bits per heavy atom. The van der Waals surface area contributed by atoms with Crippen molar-refractivity contribution in [3.05, 3.63) is 34.4 Å². The van der Waals surface area contributed by atoms with Gasteiger partial charge in [-0.25, -0.2) is 0 Å². The van der Waals surface area contributed by atoms with Crippen LogP contribution < -0.4 is 5.32 Å². The number of nitro groups is 1. The molecule has 0 unspecified atom stereocenters. The fourth-order valence-electron chi connectivity index (χ4n) is 4.31. The van der Waals surface area contributed by atoms with Crippen molar-refractivity contribution in [2.45, 2.75) is 51.0 Å². The topological polar surface area (TPSA) is 116 Å². The summed E-state index contributed by atoms with van der Waals surface area (Å²) in [6.45, 7) is 2.04. The number of non-ortho nitro benzene ring substituents is 1. The molecule has 1 saturated carbocycles. The molecule has 32 heavy (non-hydrogen) atoms. The van der Waals surface area contributed by atoms with E-state index in [2.05, 4.69) is 5.32 Å². The number of amides is 1. The van der Waals surface area contributed by atoms with Gasteiger partial charge in [0, 0.05) is 70.1 Å². The highest BCUT2D eigenvalue weighted by molar-refractivity contribution is 7.86. The molecule has 0 bridgehead atoms. The molecule has 1 N–H and O–H groups in total. The standard InChI is InChI=1S/C21H33N5O5S/c1-23(19-6-3-2-4-7-19)32(30,31)25-16-14-24(15-17-25)21(27)8-5-13-22-18-9-11-20(12-10-18)26(28)29/h9-12,19,22H,2-8,13-17H2,1H3. The first-order valence-electron chi connectivity index (χ1n) is 11.3. The number of nitrogens with one attached hydrogen (secondary N) is 1. The fraction of sp³-hybridized carbons (Fsp3) is 0.667. The molecule has 11 heteroatoms. The summed E-state index contributed by atoms with van der Waals surface area (Å²) in [5.41, 5.74) is 0.806. The molecule has 0 atom stereocenters. The third-order valence-electron chi connectivity index (χ3n) is 6.35. The lowest BCUT2D eigenvalue weighted by molar-refractivity contribution is -0.384. The maximum atomic E-state index is 13.0. The zero-order valence-corrected chi connectivity index (χ0v) is 19.4. The van der Waals surface area contributed by atoms with E-state index in [9.17, 15) is 23.3 Å². The van der Waals surface area contributed by atoms with Gasteiger partial charge >= 0.3 is 0 Å². The Hall–Kier alpha value is -2.24. The van der Waals surface area contributed by atoms with Crippen LogP contribution >= 0.6 is 0 Å². The van der Waals surface area contributed by atoms with Gasteiger partial charge < -0.3 is 10.2 Å². The maximum absolute atomic E-state index is 13.0. The number of piperazine rings is 1. The van der Waals surface area contributed by atoms with E-state index >= 15 is 0 Å². The number of carbonyl (C=O) groups is 1. The van der Waals surface area contributed by atoms with Gasteiger partial charge in [0.05, 0.1) is 4.92 Å². The van der Waals surface area contributed by atoms with Crippen LogP contribution in [0.4, 0.5) is 11.4 Å². The van der Waals surface area contributed by atoms with E-state index in [0.717, 1.165) is 31.4 Å². The van der Waals surface area contributed by atoms with Crippen molar-refractivity contribution >= 4 is 27.5 Å². The van der Waals surface area contributed by atoms with Crippen molar-refractivity contribution in [3.8, 4) is 0 Å². The smallest absolute Gasteiger partial charge is 0.282 e. The average Bonchev–Trinajstić information content (AvgIpc) is 2.82. The molecule has 2 fully saturated rings. The molecule has 3 rings (SSSR count). The summed E-state index contributed by atoms with van der Waals surface area (Å²) in [7, 11) is -1.81. The van der Waals surface area contributed by atoms with Crippen molar-refractivity contribution in [2.24, 2.45) is 0 Å². The Bertz CT molecular complexity index is 878. The first-order valence-corrected chi connectivity index (χ1v) is 12.7. The molecule has 1 aliphatic carbocycles. The van der Waals surface area contributed by atoms with E-state index in [1.807, 2.05) is 0 Å². The van der Waals surface area contributed by atoms with Crippen LogP contribution in [0.2, 0.25) is 0 Å². The number of anilines is 1. The lowest BCUT2D eigenvalue weighted by atomic mass is 9.96. The summed E-state index contributed by atoms with van der Waals surface area (Å²) in [6, 6.07) is 6.24. The maximum Gasteiger partial charge on any atom is 0.282 e. The van der Waals surface area contributed by atoms with Crippen molar-refractivity contribution < 1.29 is 18.1 Å². The van der Waals surface area contributed by atoms with Gasteiger partial charge in [-0.15, -0.1) is 0 Å². The Labute approximate surface area is 189 Å². The normalized spacial score (nSPS) is 18.6. The molecule has 0 aromatic heterocycles. The third kappa shape index (κ3) is 6.17. The Morgan fingerprint density at radius 2 is 1.75 bits per heavy atom. The first kappa shape index (κ1) is 24.4. The first-order chi connectivity index (χ1) is 15.3. The molecule has 1 aliphatic heterocycles. The summed E-state index contributed by atoms with van der Waals surface area (Å²) in [5, 5.41) is 13.8. The second-order valence-corrected chi connectivity index (χ2v) is 10.4. The highest BCUT2D eigenvalue weighted by atomic mass is 32.2. The predicted molar refractivity (Wildman–Crippen MR) is 123 cm³/mol. The highest BCUT2D eigenvalue weighted by Gasteiger charge is 2.35. The van der Waals surface area contributed by atoms with E-state index in [1.165, 1.54) is 27.2 Å². The van der Waals surface area contributed by atoms with Crippen molar-refractivity contribution in [1.29, 1.82) is 0 Å². The van der Waals surface area contributed by atoms with Gasteiger partial charge in [-0.1, -0.05) is 19.3 Å². The van der Waals surface area contributed by atoms with Crippen LogP contribution in [-0.2, 0) is 15.0 Å². The van der Waals surface area contributed by atoms with Gasteiger partial charge in [0.2, 0.25) is 5.91 Å². The molecule has 1 amide bonds. The predicted octanol–water partition coefficient (Wildman–Crippen LogP) is 2.44. The Balaban J connectivity index is 1.38. The summed E-state index contributed by atoms with van der Waals surface area (Å²) in [5.74, 6) is 0.0215. The van der Waals surface area contributed by atoms with Gasteiger partial charge in [-0.05, 0) is 31.4 Å². The van der Waals surface area contributed by atoms with Crippen LogP contribution in [0.25, 0.3) is 0 Å². The Kier molecular flexibility index (Phi) is 8.44. The molecule has 10 nitrogen and oxygen atoms in total. The van der Waals surface area contributed by atoms with Gasteiger partial charge in [-0.3, -0.25) is 14.9 Å². The number of hydrogen-bond donors (Lipinski definition) is 1. The van der Waals surface area contributed by atoms with E-state index < -0.39 is 15.1 Å². The van der Waals surface area contributed by atoms with Gasteiger partial charge in [0.1, 0.15) is 0 Å². The molecular weight excluding hydrogens is 434 g/mol. The molecule has 1 saturated heterocycles. The zero-order chi connectivity index (χ0) is 23.1. The minimum absolute atomic E-state index is 0.0215. The number of nitrogens with zero attached hydrogens (tertiary/aromatic N) is 4. The summed E-state index contributed by atoms with van der Waals surface area (Å²) in [4.78, 5) is 24.5. The van der Waals surface area contributed by atoms with E-state index in [0.29, 0.717) is 45.6 Å². The number of benzene rings is 1. The number of hydrogen-bond acceptors (Lipinski definition) is 6. The van der Waals surface area contributed by atoms with E-state index in [4.69, 9.17) is 0 Å². The van der Waals surface area contributed by atoms with Crippen molar-refractivity contribution in [3.63, 3.8) is 0 Å². The molecular formula is C21H33N5O5S. The van der Waals surface area contributed by atoms with Crippen LogP contribution in [-0.4, -0.2) is 78.6 Å². The highest BCUT2D eigenvalue weighted by Crippen LogP contribution is 2.25. The molecule has 1 heterocycles. The molecule has 1 aromatic carbocycles. The average molecular weight is 468 g/mol. The second kappa shape index (κ2) is 11.1. The van der Waals surface area contributed by atoms with Gasteiger partial charge in [0.25, 0.3) is 15.9 Å². The number of carbonyl (C=O) groups excluding carboxylic acids is 1. The van der Waals surface area contributed by atoms with E-state index in [-0.39, 0.29) is 17.6 Å². The monoisotopic (exact) mass is 467 g/mol. The molecule has 0 spiro atoms. The van der Waals surface area contributed by atoms with Crippen LogP contribution in [0, 0.1) is 10.1 Å².